The fourth-order valence-electron chi connectivity index (χ4n) is 4.49. The predicted octanol–water partition coefficient (Wildman–Crippen LogP) is 2.79. The number of carbonyl (C=O) groups excluding carboxylic acids is 1. The van der Waals surface area contributed by atoms with Crippen LogP contribution in [-0.4, -0.2) is 28.6 Å². The molecule has 0 aromatic carbocycles. The Balaban J connectivity index is 1.52. The SMILES string of the molecule is Cc1nc(-c2ccco2)ccc1C(=O)NC1C2CCC(C2)C1CO. The fourth-order valence-corrected chi connectivity index (χ4v) is 4.49. The fraction of sp³-hybridized carbons (Fsp3) is 0.474. The Bertz CT molecular complexity index is 741. The van der Waals surface area contributed by atoms with Crippen LogP contribution >= 0.6 is 0 Å². The van der Waals surface area contributed by atoms with Gasteiger partial charge in [0, 0.05) is 18.6 Å². The summed E-state index contributed by atoms with van der Waals surface area (Å²) in [5, 5.41) is 12.8. The Morgan fingerprint density at radius 2 is 2.17 bits per heavy atom. The molecule has 2 aliphatic carbocycles. The number of aryl methyl sites for hydroxylation is 1. The average Bonchev–Trinajstić information content (AvgIpc) is 3.31. The van der Waals surface area contributed by atoms with E-state index in [9.17, 15) is 9.90 Å². The standard InChI is InChI=1S/C19H22N2O3/c1-11-14(6-7-16(20-11)17-3-2-8-24-17)19(23)21-18-13-5-4-12(9-13)15(18)10-22/h2-3,6-8,12-13,15,18,22H,4-5,9-10H2,1H3,(H,21,23). The van der Waals surface area contributed by atoms with Gasteiger partial charge >= 0.3 is 0 Å². The lowest BCUT2D eigenvalue weighted by atomic mass is 9.85. The number of aromatic nitrogens is 1. The first kappa shape index (κ1) is 15.4. The van der Waals surface area contributed by atoms with Crippen molar-refractivity contribution in [2.45, 2.75) is 32.2 Å². The molecule has 24 heavy (non-hydrogen) atoms. The summed E-state index contributed by atoms with van der Waals surface area (Å²) in [4.78, 5) is 17.2. The van der Waals surface area contributed by atoms with Crippen molar-refractivity contribution in [1.29, 1.82) is 0 Å². The zero-order valence-electron chi connectivity index (χ0n) is 13.7. The lowest BCUT2D eigenvalue weighted by molar-refractivity contribution is 0.0860. The first-order chi connectivity index (χ1) is 11.7. The Morgan fingerprint density at radius 3 is 2.88 bits per heavy atom. The van der Waals surface area contributed by atoms with Crippen molar-refractivity contribution in [3.63, 3.8) is 0 Å². The molecular formula is C19H22N2O3. The van der Waals surface area contributed by atoms with Gasteiger partial charge in [-0.3, -0.25) is 4.79 Å². The molecule has 0 radical (unpaired) electrons. The Hall–Kier alpha value is -2.14. The zero-order chi connectivity index (χ0) is 16.7. The third-order valence-electron chi connectivity index (χ3n) is 5.70. The van der Waals surface area contributed by atoms with Gasteiger partial charge in [-0.05, 0) is 62.3 Å². The summed E-state index contributed by atoms with van der Waals surface area (Å²) in [5.74, 6) is 1.86. The van der Waals surface area contributed by atoms with Crippen molar-refractivity contribution in [3.05, 3.63) is 41.8 Å². The summed E-state index contributed by atoms with van der Waals surface area (Å²) < 4.78 is 5.35. The van der Waals surface area contributed by atoms with E-state index >= 15 is 0 Å². The van der Waals surface area contributed by atoms with E-state index in [2.05, 4.69) is 10.3 Å². The van der Waals surface area contributed by atoms with E-state index in [0.717, 1.165) is 18.5 Å². The smallest absolute Gasteiger partial charge is 0.253 e. The summed E-state index contributed by atoms with van der Waals surface area (Å²) in [7, 11) is 0. The second kappa shape index (κ2) is 6.06. The van der Waals surface area contributed by atoms with Crippen LogP contribution in [0.2, 0.25) is 0 Å². The molecule has 5 heteroatoms. The number of aliphatic hydroxyl groups is 1. The van der Waals surface area contributed by atoms with Crippen LogP contribution in [0.5, 0.6) is 0 Å². The van der Waals surface area contributed by atoms with Crippen LogP contribution in [0.25, 0.3) is 11.5 Å². The molecule has 5 nitrogen and oxygen atoms in total. The van der Waals surface area contributed by atoms with Crippen molar-refractivity contribution in [3.8, 4) is 11.5 Å². The van der Waals surface area contributed by atoms with Gasteiger partial charge in [-0.25, -0.2) is 4.98 Å². The van der Waals surface area contributed by atoms with Crippen LogP contribution < -0.4 is 5.32 Å². The molecule has 2 fully saturated rings. The van der Waals surface area contributed by atoms with Crippen molar-refractivity contribution in [2.75, 3.05) is 6.61 Å². The largest absolute Gasteiger partial charge is 0.463 e. The minimum absolute atomic E-state index is 0.0883. The number of hydrogen-bond acceptors (Lipinski definition) is 4. The van der Waals surface area contributed by atoms with Crippen molar-refractivity contribution < 1.29 is 14.3 Å². The van der Waals surface area contributed by atoms with Gasteiger partial charge in [-0.15, -0.1) is 0 Å². The van der Waals surface area contributed by atoms with Gasteiger partial charge in [-0.1, -0.05) is 0 Å². The molecule has 0 spiro atoms. The number of carbonyl (C=O) groups is 1. The molecule has 0 saturated heterocycles. The number of pyridine rings is 1. The average molecular weight is 326 g/mol. The van der Waals surface area contributed by atoms with E-state index in [0.29, 0.717) is 28.9 Å². The molecule has 4 unspecified atom stereocenters. The lowest BCUT2D eigenvalue weighted by Crippen LogP contribution is -2.45. The predicted molar refractivity (Wildman–Crippen MR) is 89.3 cm³/mol. The summed E-state index contributed by atoms with van der Waals surface area (Å²) in [6.07, 6.45) is 5.07. The molecular weight excluding hydrogens is 304 g/mol. The molecule has 2 saturated carbocycles. The van der Waals surface area contributed by atoms with Crippen LogP contribution in [0.1, 0.15) is 35.3 Å². The van der Waals surface area contributed by atoms with Crippen LogP contribution in [0.3, 0.4) is 0 Å². The molecule has 2 heterocycles. The Morgan fingerprint density at radius 1 is 1.33 bits per heavy atom. The number of furan rings is 1. The molecule has 126 valence electrons. The number of nitrogens with zero attached hydrogens (tertiary/aromatic N) is 1. The monoisotopic (exact) mass is 326 g/mol. The Labute approximate surface area is 141 Å². The molecule has 2 N–H and O–H groups in total. The first-order valence-electron chi connectivity index (χ1n) is 8.60. The Kier molecular flexibility index (Phi) is 3.88. The van der Waals surface area contributed by atoms with Crippen molar-refractivity contribution in [1.82, 2.24) is 10.3 Å². The number of nitrogens with one attached hydrogen (secondary N) is 1. The van der Waals surface area contributed by atoms with Gasteiger partial charge in [0.15, 0.2) is 5.76 Å². The number of rotatable bonds is 4. The number of aliphatic hydroxyl groups excluding tert-OH is 1. The maximum absolute atomic E-state index is 12.7. The van der Waals surface area contributed by atoms with Crippen LogP contribution in [-0.2, 0) is 0 Å². The first-order valence-corrected chi connectivity index (χ1v) is 8.60. The highest BCUT2D eigenvalue weighted by Crippen LogP contribution is 2.48. The topological polar surface area (TPSA) is 75.4 Å². The van der Waals surface area contributed by atoms with Crippen LogP contribution in [0, 0.1) is 24.7 Å². The lowest BCUT2D eigenvalue weighted by Gasteiger charge is -2.30. The number of hydrogen-bond donors (Lipinski definition) is 2. The summed E-state index contributed by atoms with van der Waals surface area (Å²) in [6, 6.07) is 7.37. The highest BCUT2D eigenvalue weighted by Gasteiger charge is 2.47. The summed E-state index contributed by atoms with van der Waals surface area (Å²) >= 11 is 0. The molecule has 4 rings (SSSR count). The van der Waals surface area contributed by atoms with Gasteiger partial charge < -0.3 is 14.8 Å². The van der Waals surface area contributed by atoms with E-state index in [1.807, 2.05) is 25.1 Å². The normalized spacial score (nSPS) is 28.2. The maximum Gasteiger partial charge on any atom is 0.253 e. The third kappa shape index (κ3) is 2.53. The van der Waals surface area contributed by atoms with E-state index in [1.54, 1.807) is 12.3 Å². The van der Waals surface area contributed by atoms with E-state index in [4.69, 9.17) is 4.42 Å². The van der Waals surface area contributed by atoms with Crippen LogP contribution in [0.4, 0.5) is 0 Å². The van der Waals surface area contributed by atoms with Crippen molar-refractivity contribution >= 4 is 5.91 Å². The number of amides is 1. The molecule has 0 aliphatic heterocycles. The minimum Gasteiger partial charge on any atom is -0.463 e. The van der Waals surface area contributed by atoms with Gasteiger partial charge in [-0.2, -0.15) is 0 Å². The summed E-state index contributed by atoms with van der Waals surface area (Å²) in [5.41, 5.74) is 2.00. The molecule has 2 aliphatic rings. The molecule has 2 aromatic heterocycles. The second-order valence-electron chi connectivity index (χ2n) is 6.99. The van der Waals surface area contributed by atoms with E-state index in [-0.39, 0.29) is 24.5 Å². The highest BCUT2D eigenvalue weighted by atomic mass is 16.3. The third-order valence-corrected chi connectivity index (χ3v) is 5.70. The second-order valence-corrected chi connectivity index (χ2v) is 6.99. The number of fused-ring (bicyclic) bond motifs is 2. The van der Waals surface area contributed by atoms with Gasteiger partial charge in [0.25, 0.3) is 5.91 Å². The maximum atomic E-state index is 12.7. The molecule has 4 atom stereocenters. The van der Waals surface area contributed by atoms with E-state index in [1.165, 1.54) is 6.42 Å². The highest BCUT2D eigenvalue weighted by molar-refractivity contribution is 5.95. The van der Waals surface area contributed by atoms with Crippen molar-refractivity contribution in [2.24, 2.45) is 17.8 Å². The zero-order valence-corrected chi connectivity index (χ0v) is 13.7. The molecule has 1 amide bonds. The molecule has 2 bridgehead atoms. The molecule has 2 aromatic rings. The van der Waals surface area contributed by atoms with Crippen LogP contribution in [0.15, 0.2) is 34.9 Å². The van der Waals surface area contributed by atoms with E-state index < -0.39 is 0 Å². The van der Waals surface area contributed by atoms with Gasteiger partial charge in [0.1, 0.15) is 5.69 Å². The quantitative estimate of drug-likeness (QED) is 0.906. The minimum atomic E-state index is -0.0954. The summed E-state index contributed by atoms with van der Waals surface area (Å²) in [6.45, 7) is 1.99. The van der Waals surface area contributed by atoms with Gasteiger partial charge in [0.05, 0.1) is 17.5 Å². The van der Waals surface area contributed by atoms with Gasteiger partial charge in [0.2, 0.25) is 0 Å².